The predicted octanol–water partition coefficient (Wildman–Crippen LogP) is 3.10. The molecule has 1 atom stereocenters. The Labute approximate surface area is 108 Å². The van der Waals surface area contributed by atoms with E-state index >= 15 is 0 Å². The van der Waals surface area contributed by atoms with Crippen LogP contribution >= 0.6 is 0 Å². The molecular weight excluding hydrogens is 222 g/mol. The lowest BCUT2D eigenvalue weighted by molar-refractivity contribution is 0.672. The van der Waals surface area contributed by atoms with Crippen LogP contribution in [0.25, 0.3) is 5.69 Å². The highest BCUT2D eigenvalue weighted by molar-refractivity contribution is 5.31. The minimum absolute atomic E-state index is 0.167. The average Bonchev–Trinajstić information content (AvgIpc) is 2.86. The second-order valence-corrected chi connectivity index (χ2v) is 4.53. The van der Waals surface area contributed by atoms with Crippen molar-refractivity contribution in [2.45, 2.75) is 19.9 Å². The lowest BCUT2D eigenvalue weighted by Crippen LogP contribution is -2.15. The van der Waals surface area contributed by atoms with Crippen molar-refractivity contribution >= 4 is 0 Å². The van der Waals surface area contributed by atoms with Gasteiger partial charge in [0, 0.05) is 6.20 Å². The first-order chi connectivity index (χ1) is 8.70. The van der Waals surface area contributed by atoms with Crippen molar-refractivity contribution in [3.63, 3.8) is 0 Å². The molecule has 2 aromatic rings. The van der Waals surface area contributed by atoms with Gasteiger partial charge >= 0.3 is 0 Å². The molecule has 2 rings (SSSR count). The molecule has 0 aliphatic rings. The average molecular weight is 241 g/mol. The van der Waals surface area contributed by atoms with Crippen molar-refractivity contribution in [1.29, 1.82) is 0 Å². The van der Waals surface area contributed by atoms with Gasteiger partial charge in [-0.3, -0.25) is 0 Å². The quantitative estimate of drug-likeness (QED) is 0.834. The van der Waals surface area contributed by atoms with Crippen LogP contribution in [0, 0.1) is 0 Å². The highest BCUT2D eigenvalue weighted by atomic mass is 15.3. The Hall–Kier alpha value is -1.87. The Kier molecular flexibility index (Phi) is 3.95. The number of nitrogens with one attached hydrogen (secondary N) is 1. The fourth-order valence-corrected chi connectivity index (χ4v) is 1.88. The molecule has 1 N–H and O–H groups in total. The molecule has 0 bridgehead atoms. The number of para-hydroxylation sites is 1. The second kappa shape index (κ2) is 5.65. The lowest BCUT2D eigenvalue weighted by atomic mass is 10.1. The normalized spacial score (nSPS) is 12.2. The van der Waals surface area contributed by atoms with E-state index in [2.05, 4.69) is 30.3 Å². The van der Waals surface area contributed by atoms with Gasteiger partial charge in [-0.25, -0.2) is 4.68 Å². The number of allylic oxidation sites excluding steroid dienone is 1. The molecule has 0 fully saturated rings. The lowest BCUT2D eigenvalue weighted by Gasteiger charge is -2.09. The van der Waals surface area contributed by atoms with Gasteiger partial charge in [-0.1, -0.05) is 29.8 Å². The third kappa shape index (κ3) is 2.87. The predicted molar refractivity (Wildman–Crippen MR) is 74.8 cm³/mol. The van der Waals surface area contributed by atoms with E-state index in [9.17, 15) is 0 Å². The maximum absolute atomic E-state index is 4.61. The molecule has 3 nitrogen and oxygen atoms in total. The number of hydrogen-bond acceptors (Lipinski definition) is 2. The minimum Gasteiger partial charge on any atom is -0.308 e. The molecule has 1 heterocycles. The van der Waals surface area contributed by atoms with Crippen LogP contribution in [0.4, 0.5) is 0 Å². The topological polar surface area (TPSA) is 29.9 Å². The maximum Gasteiger partial charge on any atom is 0.0837 e. The molecule has 3 heteroatoms. The third-order valence-electron chi connectivity index (χ3n) is 2.76. The SMILES string of the molecule is CNC(C=C(C)C)c1ccn(-c2ccccc2)n1. The van der Waals surface area contributed by atoms with Gasteiger partial charge in [0.15, 0.2) is 0 Å². The van der Waals surface area contributed by atoms with Crippen molar-refractivity contribution in [2.24, 2.45) is 0 Å². The van der Waals surface area contributed by atoms with E-state index < -0.39 is 0 Å². The standard InChI is InChI=1S/C15H19N3/c1-12(2)11-15(16-3)14-9-10-18(17-14)13-7-5-4-6-8-13/h4-11,15-16H,1-3H3. The second-order valence-electron chi connectivity index (χ2n) is 4.53. The van der Waals surface area contributed by atoms with Gasteiger partial charge in [-0.15, -0.1) is 0 Å². The number of aromatic nitrogens is 2. The molecule has 0 radical (unpaired) electrons. The summed E-state index contributed by atoms with van der Waals surface area (Å²) in [6, 6.07) is 12.4. The molecule has 94 valence electrons. The molecule has 0 saturated carbocycles. The van der Waals surface area contributed by atoms with Gasteiger partial charge < -0.3 is 5.32 Å². The summed E-state index contributed by atoms with van der Waals surface area (Å²) < 4.78 is 1.90. The Bertz CT molecular complexity index is 522. The zero-order chi connectivity index (χ0) is 13.0. The Balaban J connectivity index is 2.27. The summed E-state index contributed by atoms with van der Waals surface area (Å²) in [7, 11) is 1.95. The van der Waals surface area contributed by atoms with E-state index in [1.54, 1.807) is 0 Å². The van der Waals surface area contributed by atoms with Crippen LogP contribution in [-0.4, -0.2) is 16.8 Å². The summed E-state index contributed by atoms with van der Waals surface area (Å²) in [5.74, 6) is 0. The van der Waals surface area contributed by atoms with Gasteiger partial charge in [0.05, 0.1) is 17.4 Å². The number of benzene rings is 1. The van der Waals surface area contributed by atoms with Gasteiger partial charge in [-0.05, 0) is 39.1 Å². The summed E-state index contributed by atoms with van der Waals surface area (Å²) in [6.45, 7) is 4.19. The van der Waals surface area contributed by atoms with E-state index in [-0.39, 0.29) is 6.04 Å². The first kappa shape index (κ1) is 12.6. The Morgan fingerprint density at radius 2 is 1.94 bits per heavy atom. The monoisotopic (exact) mass is 241 g/mol. The summed E-state index contributed by atoms with van der Waals surface area (Å²) >= 11 is 0. The molecule has 18 heavy (non-hydrogen) atoms. The van der Waals surface area contributed by atoms with Crippen LogP contribution in [0.5, 0.6) is 0 Å². The molecule has 0 amide bonds. The number of likely N-dealkylation sites (N-methyl/N-ethyl adjacent to an activating group) is 1. The van der Waals surface area contributed by atoms with E-state index in [0.29, 0.717) is 0 Å². The van der Waals surface area contributed by atoms with Crippen molar-refractivity contribution < 1.29 is 0 Å². The number of hydrogen-bond donors (Lipinski definition) is 1. The van der Waals surface area contributed by atoms with Crippen LogP contribution in [0.3, 0.4) is 0 Å². The zero-order valence-electron chi connectivity index (χ0n) is 11.1. The van der Waals surface area contributed by atoms with Crippen molar-refractivity contribution in [3.8, 4) is 5.69 Å². The molecule has 0 aliphatic heterocycles. The van der Waals surface area contributed by atoms with E-state index in [1.807, 2.05) is 54.3 Å². The maximum atomic E-state index is 4.61. The summed E-state index contributed by atoms with van der Waals surface area (Å²) in [6.07, 6.45) is 4.17. The van der Waals surface area contributed by atoms with Crippen LogP contribution in [0.15, 0.2) is 54.2 Å². The Morgan fingerprint density at radius 1 is 1.22 bits per heavy atom. The van der Waals surface area contributed by atoms with Gasteiger partial charge in [0.1, 0.15) is 0 Å². The van der Waals surface area contributed by atoms with Crippen LogP contribution in [0.2, 0.25) is 0 Å². The van der Waals surface area contributed by atoms with E-state index in [0.717, 1.165) is 11.4 Å². The highest BCUT2D eigenvalue weighted by Gasteiger charge is 2.09. The summed E-state index contributed by atoms with van der Waals surface area (Å²) in [5, 5.41) is 7.88. The molecule has 0 aliphatic carbocycles. The largest absolute Gasteiger partial charge is 0.308 e. The van der Waals surface area contributed by atoms with Gasteiger partial charge in [-0.2, -0.15) is 5.10 Å². The third-order valence-corrected chi connectivity index (χ3v) is 2.76. The highest BCUT2D eigenvalue weighted by Crippen LogP contribution is 2.15. The van der Waals surface area contributed by atoms with Crippen LogP contribution in [0.1, 0.15) is 25.6 Å². The van der Waals surface area contributed by atoms with Gasteiger partial charge in [0.2, 0.25) is 0 Å². The van der Waals surface area contributed by atoms with Crippen LogP contribution < -0.4 is 5.32 Å². The van der Waals surface area contributed by atoms with E-state index in [1.165, 1.54) is 5.57 Å². The summed E-state index contributed by atoms with van der Waals surface area (Å²) in [4.78, 5) is 0. The molecule has 0 saturated heterocycles. The molecular formula is C15H19N3. The zero-order valence-corrected chi connectivity index (χ0v) is 11.1. The Morgan fingerprint density at radius 3 is 2.56 bits per heavy atom. The minimum atomic E-state index is 0.167. The summed E-state index contributed by atoms with van der Waals surface area (Å²) in [5.41, 5.74) is 3.39. The first-order valence-electron chi connectivity index (χ1n) is 6.14. The van der Waals surface area contributed by atoms with Crippen LogP contribution in [-0.2, 0) is 0 Å². The molecule has 1 aromatic carbocycles. The van der Waals surface area contributed by atoms with E-state index in [4.69, 9.17) is 0 Å². The van der Waals surface area contributed by atoms with Crippen molar-refractivity contribution in [3.05, 3.63) is 59.9 Å². The molecule has 1 unspecified atom stereocenters. The fourth-order valence-electron chi connectivity index (χ4n) is 1.88. The number of rotatable bonds is 4. The van der Waals surface area contributed by atoms with Gasteiger partial charge in [0.25, 0.3) is 0 Å². The smallest absolute Gasteiger partial charge is 0.0837 e. The first-order valence-corrected chi connectivity index (χ1v) is 6.14. The molecule has 1 aromatic heterocycles. The molecule has 0 spiro atoms. The number of nitrogens with zero attached hydrogens (tertiary/aromatic N) is 2. The van der Waals surface area contributed by atoms with Crippen molar-refractivity contribution in [2.75, 3.05) is 7.05 Å². The van der Waals surface area contributed by atoms with Crippen molar-refractivity contribution in [1.82, 2.24) is 15.1 Å². The fraction of sp³-hybridized carbons (Fsp3) is 0.267.